The Bertz CT molecular complexity index is 639. The van der Waals surface area contributed by atoms with E-state index in [1.54, 1.807) is 6.07 Å². The van der Waals surface area contributed by atoms with Gasteiger partial charge in [0.25, 0.3) is 0 Å². The van der Waals surface area contributed by atoms with Crippen molar-refractivity contribution in [1.29, 1.82) is 0 Å². The highest BCUT2D eigenvalue weighted by atomic mass is 35.5. The van der Waals surface area contributed by atoms with Gasteiger partial charge in [0.1, 0.15) is 5.76 Å². The Kier molecular flexibility index (Phi) is 2.91. The summed E-state index contributed by atoms with van der Waals surface area (Å²) < 4.78 is 5.65. The average molecular weight is 279 g/mol. The van der Waals surface area contributed by atoms with Gasteiger partial charge in [0.05, 0.1) is 22.8 Å². The van der Waals surface area contributed by atoms with Crippen LogP contribution in [-0.2, 0) is 13.0 Å². The number of hydrogen-bond acceptors (Lipinski definition) is 3. The maximum absolute atomic E-state index is 10.9. The van der Waals surface area contributed by atoms with Crippen molar-refractivity contribution < 1.29 is 14.3 Å². The lowest BCUT2D eigenvalue weighted by molar-refractivity contribution is 0.135. The molecule has 0 aliphatic carbocycles. The third-order valence-corrected chi connectivity index (χ3v) is 3.44. The first-order valence-corrected chi connectivity index (χ1v) is 6.24. The minimum atomic E-state index is -0.943. The summed E-state index contributed by atoms with van der Waals surface area (Å²) in [7, 11) is 0. The molecule has 0 saturated heterocycles. The highest BCUT2D eigenvalue weighted by molar-refractivity contribution is 6.33. The van der Waals surface area contributed by atoms with E-state index in [9.17, 15) is 4.79 Å². The second-order valence-electron chi connectivity index (χ2n) is 4.32. The van der Waals surface area contributed by atoms with Gasteiger partial charge in [-0.2, -0.15) is 0 Å². The van der Waals surface area contributed by atoms with E-state index in [1.165, 1.54) is 4.90 Å². The largest absolute Gasteiger partial charge is 0.465 e. The normalized spacial score (nSPS) is 14.3. The van der Waals surface area contributed by atoms with Crippen molar-refractivity contribution in [2.45, 2.75) is 13.0 Å². The molecule has 3 rings (SSSR count). The molecule has 0 radical (unpaired) electrons. The van der Waals surface area contributed by atoms with Gasteiger partial charge in [0, 0.05) is 13.0 Å². The molecule has 0 atom stereocenters. The lowest BCUT2D eigenvalue weighted by Crippen LogP contribution is -2.34. The maximum atomic E-state index is 10.9. The van der Waals surface area contributed by atoms with Crippen LogP contribution in [0.3, 0.4) is 0 Å². The standard InChI is InChI=1S/C13H11ClN2O3/c14-9-4-2-1-3-8(9)12-15-10-5-6-16(13(17)18)7-11(10)19-12/h1-4H,5-7H2,(H,17,18). The van der Waals surface area contributed by atoms with Crippen LogP contribution >= 0.6 is 11.6 Å². The summed E-state index contributed by atoms with van der Waals surface area (Å²) in [5.74, 6) is 1.05. The van der Waals surface area contributed by atoms with E-state index in [4.69, 9.17) is 21.1 Å². The molecule has 1 aliphatic rings. The van der Waals surface area contributed by atoms with Crippen LogP contribution in [0.25, 0.3) is 11.5 Å². The third kappa shape index (κ3) is 2.17. The van der Waals surface area contributed by atoms with Crippen LogP contribution in [0.1, 0.15) is 11.5 Å². The van der Waals surface area contributed by atoms with E-state index in [1.807, 2.05) is 18.2 Å². The number of nitrogens with zero attached hydrogens (tertiary/aromatic N) is 2. The summed E-state index contributed by atoms with van der Waals surface area (Å²) in [6.45, 7) is 0.680. The Labute approximate surface area is 114 Å². The molecule has 1 N–H and O–H groups in total. The predicted octanol–water partition coefficient (Wildman–Crippen LogP) is 3.03. The number of benzene rings is 1. The highest BCUT2D eigenvalue weighted by Crippen LogP contribution is 2.30. The molecule has 1 aromatic carbocycles. The Balaban J connectivity index is 1.96. The second-order valence-corrected chi connectivity index (χ2v) is 4.73. The minimum absolute atomic E-state index is 0.238. The van der Waals surface area contributed by atoms with Crippen LogP contribution in [-0.4, -0.2) is 27.6 Å². The van der Waals surface area contributed by atoms with Gasteiger partial charge in [-0.25, -0.2) is 9.78 Å². The first-order valence-electron chi connectivity index (χ1n) is 5.86. The Morgan fingerprint density at radius 3 is 2.95 bits per heavy atom. The number of aromatic nitrogens is 1. The lowest BCUT2D eigenvalue weighted by atomic mass is 10.2. The fourth-order valence-electron chi connectivity index (χ4n) is 2.11. The minimum Gasteiger partial charge on any atom is -0.465 e. The van der Waals surface area contributed by atoms with Crippen LogP contribution in [0.4, 0.5) is 4.79 Å². The Hall–Kier alpha value is -2.01. The van der Waals surface area contributed by atoms with E-state index in [2.05, 4.69) is 4.98 Å². The second kappa shape index (κ2) is 4.59. The van der Waals surface area contributed by atoms with Gasteiger partial charge in [-0.05, 0) is 12.1 Å². The van der Waals surface area contributed by atoms with Crippen molar-refractivity contribution >= 4 is 17.7 Å². The molecular formula is C13H11ClN2O3. The first-order chi connectivity index (χ1) is 9.15. The zero-order valence-corrected chi connectivity index (χ0v) is 10.7. The van der Waals surface area contributed by atoms with Crippen molar-refractivity contribution in [3.8, 4) is 11.5 Å². The molecular weight excluding hydrogens is 268 g/mol. The summed E-state index contributed by atoms with van der Waals surface area (Å²) in [5, 5.41) is 9.54. The molecule has 2 heterocycles. The lowest BCUT2D eigenvalue weighted by Gasteiger charge is -2.21. The van der Waals surface area contributed by atoms with E-state index in [-0.39, 0.29) is 6.54 Å². The smallest absolute Gasteiger partial charge is 0.407 e. The number of carbonyl (C=O) groups is 1. The van der Waals surface area contributed by atoms with Crippen molar-refractivity contribution in [2.24, 2.45) is 0 Å². The quantitative estimate of drug-likeness (QED) is 0.871. The molecule has 0 spiro atoms. The van der Waals surface area contributed by atoms with E-state index < -0.39 is 6.09 Å². The summed E-state index contributed by atoms with van der Waals surface area (Å²) in [5.41, 5.74) is 1.54. The molecule has 1 aliphatic heterocycles. The first kappa shape index (κ1) is 12.0. The Morgan fingerprint density at radius 2 is 2.21 bits per heavy atom. The zero-order valence-electron chi connectivity index (χ0n) is 9.97. The van der Waals surface area contributed by atoms with Gasteiger partial charge in [-0.15, -0.1) is 0 Å². The van der Waals surface area contributed by atoms with Crippen LogP contribution < -0.4 is 0 Å². The molecule has 5 nitrogen and oxygen atoms in total. The van der Waals surface area contributed by atoms with Crippen molar-refractivity contribution in [3.05, 3.63) is 40.7 Å². The van der Waals surface area contributed by atoms with Crippen LogP contribution in [0.2, 0.25) is 5.02 Å². The van der Waals surface area contributed by atoms with Crippen LogP contribution in [0, 0.1) is 0 Å². The molecule has 0 fully saturated rings. The van der Waals surface area contributed by atoms with Gasteiger partial charge in [-0.3, -0.25) is 0 Å². The number of amides is 1. The monoisotopic (exact) mass is 278 g/mol. The fraction of sp³-hybridized carbons (Fsp3) is 0.231. The molecule has 0 bridgehead atoms. The molecule has 98 valence electrons. The van der Waals surface area contributed by atoms with Crippen LogP contribution in [0.5, 0.6) is 0 Å². The topological polar surface area (TPSA) is 66.6 Å². The molecule has 0 unspecified atom stereocenters. The van der Waals surface area contributed by atoms with E-state index in [0.717, 1.165) is 11.3 Å². The third-order valence-electron chi connectivity index (χ3n) is 3.11. The number of oxazole rings is 1. The van der Waals surface area contributed by atoms with Gasteiger partial charge in [0.2, 0.25) is 5.89 Å². The molecule has 1 aromatic heterocycles. The van der Waals surface area contributed by atoms with Gasteiger partial charge in [-0.1, -0.05) is 23.7 Å². The molecule has 0 saturated carbocycles. The molecule has 1 amide bonds. The van der Waals surface area contributed by atoms with Crippen LogP contribution in [0.15, 0.2) is 28.7 Å². The SMILES string of the molecule is O=C(O)N1CCc2nc(-c3ccccc3Cl)oc2C1. The number of hydrogen-bond donors (Lipinski definition) is 1. The van der Waals surface area contributed by atoms with Crippen molar-refractivity contribution in [3.63, 3.8) is 0 Å². The zero-order chi connectivity index (χ0) is 13.4. The number of carboxylic acid groups (broad SMARTS) is 1. The van der Waals surface area contributed by atoms with Gasteiger partial charge < -0.3 is 14.4 Å². The Morgan fingerprint density at radius 1 is 1.42 bits per heavy atom. The van der Waals surface area contributed by atoms with Crippen molar-refractivity contribution in [1.82, 2.24) is 9.88 Å². The van der Waals surface area contributed by atoms with Gasteiger partial charge >= 0.3 is 6.09 Å². The summed E-state index contributed by atoms with van der Waals surface area (Å²) in [6.07, 6.45) is -0.378. The summed E-state index contributed by atoms with van der Waals surface area (Å²) in [4.78, 5) is 16.7. The van der Waals surface area contributed by atoms with Gasteiger partial charge in [0.15, 0.2) is 0 Å². The summed E-state index contributed by atoms with van der Waals surface area (Å²) in [6, 6.07) is 7.28. The maximum Gasteiger partial charge on any atom is 0.407 e. The molecule has 2 aromatic rings. The van der Waals surface area contributed by atoms with Crippen molar-refractivity contribution in [2.75, 3.05) is 6.54 Å². The average Bonchev–Trinajstić information content (AvgIpc) is 2.81. The number of halogens is 1. The van der Waals surface area contributed by atoms with E-state index in [0.29, 0.717) is 29.6 Å². The molecule has 19 heavy (non-hydrogen) atoms. The number of fused-ring (bicyclic) bond motifs is 1. The number of rotatable bonds is 1. The predicted molar refractivity (Wildman–Crippen MR) is 69.1 cm³/mol. The highest BCUT2D eigenvalue weighted by Gasteiger charge is 2.25. The fourth-order valence-corrected chi connectivity index (χ4v) is 2.33. The summed E-state index contributed by atoms with van der Waals surface area (Å²) >= 11 is 6.10. The molecule has 6 heteroatoms. The van der Waals surface area contributed by atoms with E-state index >= 15 is 0 Å².